The third-order valence-electron chi connectivity index (χ3n) is 3.29. The van der Waals surface area contributed by atoms with Crippen LogP contribution in [0, 0.1) is 0 Å². The average molecular weight is 244 g/mol. The van der Waals surface area contributed by atoms with Crippen LogP contribution in [-0.2, 0) is 14.2 Å². The van der Waals surface area contributed by atoms with Crippen molar-refractivity contribution in [3.05, 3.63) is 0 Å². The Morgan fingerprint density at radius 1 is 1.35 bits per heavy atom. The first-order chi connectivity index (χ1) is 8.25. The lowest BCUT2D eigenvalue weighted by molar-refractivity contribution is -0.0790. The zero-order valence-corrected chi connectivity index (χ0v) is 9.97. The smallest absolute Gasteiger partial charge is 0.404 e. The van der Waals surface area contributed by atoms with Gasteiger partial charge in [0.25, 0.3) is 0 Å². The summed E-state index contributed by atoms with van der Waals surface area (Å²) in [6.45, 7) is 4.35. The van der Waals surface area contributed by atoms with Gasteiger partial charge in [-0.3, -0.25) is 4.90 Å². The third kappa shape index (κ3) is 3.83. The Labute approximate surface area is 101 Å². The molecule has 17 heavy (non-hydrogen) atoms. The highest BCUT2D eigenvalue weighted by Crippen LogP contribution is 2.17. The van der Waals surface area contributed by atoms with Crippen LogP contribution in [0.15, 0.2) is 0 Å². The van der Waals surface area contributed by atoms with Crippen molar-refractivity contribution in [3.63, 3.8) is 0 Å². The van der Waals surface area contributed by atoms with Crippen molar-refractivity contribution < 1.29 is 19.0 Å². The first-order valence-corrected chi connectivity index (χ1v) is 6.11. The molecule has 2 fully saturated rings. The number of carbonyl (C=O) groups is 1. The molecule has 1 atom stereocenters. The van der Waals surface area contributed by atoms with Gasteiger partial charge in [0.1, 0.15) is 12.7 Å². The van der Waals surface area contributed by atoms with Crippen molar-refractivity contribution in [1.82, 2.24) is 4.90 Å². The van der Waals surface area contributed by atoms with E-state index in [0.717, 1.165) is 39.1 Å². The Balaban J connectivity index is 1.77. The number of hydrogen-bond donors (Lipinski definition) is 1. The molecule has 1 amide bonds. The molecule has 0 aromatic carbocycles. The second-order valence-electron chi connectivity index (χ2n) is 4.46. The van der Waals surface area contributed by atoms with E-state index in [1.807, 2.05) is 0 Å². The number of hydrogen-bond acceptors (Lipinski definition) is 5. The van der Waals surface area contributed by atoms with Gasteiger partial charge in [0, 0.05) is 32.3 Å². The summed E-state index contributed by atoms with van der Waals surface area (Å²) < 4.78 is 15.7. The molecule has 6 heteroatoms. The van der Waals surface area contributed by atoms with Gasteiger partial charge < -0.3 is 19.9 Å². The molecule has 2 aliphatic heterocycles. The molecule has 6 nitrogen and oxygen atoms in total. The molecule has 2 rings (SSSR count). The second-order valence-corrected chi connectivity index (χ2v) is 4.46. The minimum Gasteiger partial charge on any atom is -0.447 e. The Bertz CT molecular complexity index is 256. The average Bonchev–Trinajstić information content (AvgIpc) is 2.38. The molecule has 0 bridgehead atoms. The maximum Gasteiger partial charge on any atom is 0.404 e. The number of ether oxygens (including phenoxy) is 3. The summed E-state index contributed by atoms with van der Waals surface area (Å²) in [4.78, 5) is 12.9. The van der Waals surface area contributed by atoms with Gasteiger partial charge in [-0.2, -0.15) is 0 Å². The van der Waals surface area contributed by atoms with Crippen LogP contribution in [0.5, 0.6) is 0 Å². The molecule has 0 aliphatic carbocycles. The molecule has 1 unspecified atom stereocenters. The molecule has 2 aliphatic rings. The largest absolute Gasteiger partial charge is 0.447 e. The fourth-order valence-corrected chi connectivity index (χ4v) is 2.40. The number of primary amides is 1. The first-order valence-electron chi connectivity index (χ1n) is 6.11. The summed E-state index contributed by atoms with van der Waals surface area (Å²) in [6.07, 6.45) is 1.35. The maximum absolute atomic E-state index is 10.5. The molecule has 0 aromatic heterocycles. The summed E-state index contributed by atoms with van der Waals surface area (Å²) in [5, 5.41) is 0. The number of rotatable bonds is 3. The maximum atomic E-state index is 10.5. The van der Waals surface area contributed by atoms with Crippen molar-refractivity contribution in [2.45, 2.75) is 25.0 Å². The summed E-state index contributed by atoms with van der Waals surface area (Å²) in [7, 11) is 0. The Morgan fingerprint density at radius 3 is 2.82 bits per heavy atom. The van der Waals surface area contributed by atoms with Crippen LogP contribution < -0.4 is 5.73 Å². The molecular weight excluding hydrogens is 224 g/mol. The molecule has 0 saturated carbocycles. The summed E-state index contributed by atoms with van der Waals surface area (Å²) in [5.74, 6) is 0. The Hall–Kier alpha value is -0.850. The van der Waals surface area contributed by atoms with Crippen molar-refractivity contribution >= 4 is 6.09 Å². The zero-order valence-electron chi connectivity index (χ0n) is 9.97. The molecule has 0 spiro atoms. The highest BCUT2D eigenvalue weighted by atomic mass is 16.6. The quantitative estimate of drug-likeness (QED) is 0.754. The molecule has 0 radical (unpaired) electrons. The van der Waals surface area contributed by atoms with E-state index in [0.29, 0.717) is 12.6 Å². The van der Waals surface area contributed by atoms with Gasteiger partial charge in [-0.1, -0.05) is 0 Å². The van der Waals surface area contributed by atoms with Crippen molar-refractivity contribution in [2.24, 2.45) is 5.73 Å². The van der Waals surface area contributed by atoms with Crippen LogP contribution >= 0.6 is 0 Å². The lowest BCUT2D eigenvalue weighted by Crippen LogP contribution is -2.50. The Kier molecular flexibility index (Phi) is 4.58. The summed E-state index contributed by atoms with van der Waals surface area (Å²) in [6, 6.07) is 0.573. The number of nitrogens with two attached hydrogens (primary N) is 1. The van der Waals surface area contributed by atoms with E-state index in [2.05, 4.69) is 4.90 Å². The highest BCUT2D eigenvalue weighted by molar-refractivity contribution is 5.64. The topological polar surface area (TPSA) is 74.0 Å². The van der Waals surface area contributed by atoms with Crippen LogP contribution in [0.4, 0.5) is 4.79 Å². The highest BCUT2D eigenvalue weighted by Gasteiger charge is 2.28. The molecule has 0 aromatic rings. The van der Waals surface area contributed by atoms with Crippen LogP contribution in [0.2, 0.25) is 0 Å². The Morgan fingerprint density at radius 2 is 2.12 bits per heavy atom. The minimum absolute atomic E-state index is 0.0564. The number of morpholine rings is 1. The second kappa shape index (κ2) is 6.18. The lowest BCUT2D eigenvalue weighted by Gasteiger charge is -2.39. The number of nitrogens with zero attached hydrogens (tertiary/aromatic N) is 1. The van der Waals surface area contributed by atoms with Crippen LogP contribution in [0.25, 0.3) is 0 Å². The van der Waals surface area contributed by atoms with Gasteiger partial charge >= 0.3 is 6.09 Å². The van der Waals surface area contributed by atoms with E-state index in [1.54, 1.807) is 0 Å². The van der Waals surface area contributed by atoms with E-state index in [9.17, 15) is 4.79 Å². The van der Waals surface area contributed by atoms with E-state index in [4.69, 9.17) is 19.9 Å². The van der Waals surface area contributed by atoms with Crippen LogP contribution in [0.3, 0.4) is 0 Å². The first kappa shape index (κ1) is 12.6. The monoisotopic (exact) mass is 244 g/mol. The van der Waals surface area contributed by atoms with Crippen molar-refractivity contribution in [1.29, 1.82) is 0 Å². The van der Waals surface area contributed by atoms with E-state index < -0.39 is 6.09 Å². The number of carbonyl (C=O) groups excluding carboxylic acids is 1. The number of amides is 1. The molecule has 2 saturated heterocycles. The van der Waals surface area contributed by atoms with E-state index in [-0.39, 0.29) is 12.7 Å². The van der Waals surface area contributed by atoms with E-state index >= 15 is 0 Å². The summed E-state index contributed by atoms with van der Waals surface area (Å²) >= 11 is 0. The molecule has 2 N–H and O–H groups in total. The van der Waals surface area contributed by atoms with Crippen molar-refractivity contribution in [2.75, 3.05) is 39.5 Å². The predicted molar refractivity (Wildman–Crippen MR) is 60.7 cm³/mol. The van der Waals surface area contributed by atoms with Crippen molar-refractivity contribution in [3.8, 4) is 0 Å². The minimum atomic E-state index is -0.739. The lowest BCUT2D eigenvalue weighted by atomic mass is 10.1. The molecule has 98 valence electrons. The van der Waals surface area contributed by atoms with Gasteiger partial charge in [-0.15, -0.1) is 0 Å². The fraction of sp³-hybridized carbons (Fsp3) is 0.909. The van der Waals surface area contributed by atoms with Gasteiger partial charge in [-0.25, -0.2) is 4.79 Å². The van der Waals surface area contributed by atoms with Crippen LogP contribution in [0.1, 0.15) is 12.8 Å². The fourth-order valence-electron chi connectivity index (χ4n) is 2.40. The molecule has 2 heterocycles. The van der Waals surface area contributed by atoms with Gasteiger partial charge in [0.2, 0.25) is 0 Å². The molecular formula is C11H20N2O4. The van der Waals surface area contributed by atoms with Gasteiger partial charge in [0.15, 0.2) is 0 Å². The third-order valence-corrected chi connectivity index (χ3v) is 3.29. The van der Waals surface area contributed by atoms with Gasteiger partial charge in [0.05, 0.1) is 6.61 Å². The SMILES string of the molecule is NC(=O)OCC1CN(C2CCOCC2)CCO1. The van der Waals surface area contributed by atoms with Crippen LogP contribution in [-0.4, -0.2) is 62.7 Å². The standard InChI is InChI=1S/C11H20N2O4/c12-11(14)17-8-10-7-13(3-6-16-10)9-1-4-15-5-2-9/h9-10H,1-8H2,(H2,12,14). The predicted octanol–water partition coefficient (Wildman–Crippen LogP) is -0.0385. The van der Waals surface area contributed by atoms with Gasteiger partial charge in [-0.05, 0) is 12.8 Å². The summed E-state index contributed by atoms with van der Waals surface area (Å²) in [5.41, 5.74) is 4.94. The zero-order chi connectivity index (χ0) is 12.1. The normalized spacial score (nSPS) is 27.9. The van der Waals surface area contributed by atoms with E-state index in [1.165, 1.54) is 0 Å².